The lowest BCUT2D eigenvalue weighted by molar-refractivity contribution is 0.223. The molecule has 0 aliphatic heterocycles. The minimum atomic E-state index is 0.388. The third kappa shape index (κ3) is 2.36. The molecule has 0 saturated carbocycles. The Morgan fingerprint density at radius 3 is 2.47 bits per heavy atom. The summed E-state index contributed by atoms with van der Waals surface area (Å²) >= 11 is 0. The molecule has 0 amide bonds. The minimum Gasteiger partial charge on any atom is -0.258 e. The molecule has 2 nitrogen and oxygen atoms in total. The molecule has 0 radical (unpaired) electrons. The highest BCUT2D eigenvalue weighted by molar-refractivity contribution is 5.13. The molecule has 1 aromatic heterocycles. The molecular weight excluding hydrogens is 184 g/mol. The van der Waals surface area contributed by atoms with Crippen molar-refractivity contribution in [3.05, 3.63) is 23.8 Å². The summed E-state index contributed by atoms with van der Waals surface area (Å²) in [6.07, 6.45) is 8.41. The van der Waals surface area contributed by atoms with Gasteiger partial charge in [0.1, 0.15) is 0 Å². The van der Waals surface area contributed by atoms with Gasteiger partial charge in [0.05, 0.1) is 11.4 Å². The zero-order valence-corrected chi connectivity index (χ0v) is 9.95. The number of aryl methyl sites for hydroxylation is 1. The first-order valence-electron chi connectivity index (χ1n) is 5.86. The van der Waals surface area contributed by atoms with Crippen LogP contribution in [0.4, 0.5) is 0 Å². The van der Waals surface area contributed by atoms with Crippen molar-refractivity contribution in [1.29, 1.82) is 0 Å². The van der Waals surface area contributed by atoms with E-state index in [0.717, 1.165) is 18.8 Å². The van der Waals surface area contributed by atoms with Gasteiger partial charge >= 0.3 is 0 Å². The third-order valence-electron chi connectivity index (χ3n) is 3.49. The highest BCUT2D eigenvalue weighted by atomic mass is 14.8. The Morgan fingerprint density at radius 2 is 1.80 bits per heavy atom. The number of nitrogens with zero attached hydrogens (tertiary/aromatic N) is 2. The predicted octanol–water partition coefficient (Wildman–Crippen LogP) is 3.02. The number of rotatable bonds is 0. The molecule has 0 saturated heterocycles. The van der Waals surface area contributed by atoms with Crippen LogP contribution < -0.4 is 0 Å². The summed E-state index contributed by atoms with van der Waals surface area (Å²) in [7, 11) is 0. The van der Waals surface area contributed by atoms with Crippen molar-refractivity contribution in [2.45, 2.75) is 46.5 Å². The molecule has 1 aliphatic rings. The number of hydrogen-bond acceptors (Lipinski definition) is 2. The second kappa shape index (κ2) is 3.92. The van der Waals surface area contributed by atoms with E-state index in [1.807, 2.05) is 12.4 Å². The maximum atomic E-state index is 4.48. The van der Waals surface area contributed by atoms with Gasteiger partial charge in [0.25, 0.3) is 0 Å². The first-order valence-corrected chi connectivity index (χ1v) is 5.86. The van der Waals surface area contributed by atoms with Crippen molar-refractivity contribution in [1.82, 2.24) is 9.97 Å². The first-order chi connectivity index (χ1) is 7.07. The Labute approximate surface area is 92.1 Å². The van der Waals surface area contributed by atoms with Crippen LogP contribution in [0.5, 0.6) is 0 Å². The zero-order valence-electron chi connectivity index (χ0n) is 9.95. The van der Waals surface area contributed by atoms with Gasteiger partial charge in [0.2, 0.25) is 0 Å². The first kappa shape index (κ1) is 10.6. The standard InChI is InChI=1S/C13H20N2/c1-13(2,3)10-5-4-6-11-12(9-10)15-8-7-14-11/h7-8,10H,4-6,9H2,1-3H3. The SMILES string of the molecule is CC(C)(C)C1CCCc2nccnc2C1. The maximum absolute atomic E-state index is 4.48. The fourth-order valence-electron chi connectivity index (χ4n) is 2.37. The normalized spacial score (nSPS) is 21.9. The third-order valence-corrected chi connectivity index (χ3v) is 3.49. The molecule has 0 aromatic carbocycles. The molecule has 0 spiro atoms. The van der Waals surface area contributed by atoms with Gasteiger partial charge < -0.3 is 0 Å². The van der Waals surface area contributed by atoms with Crippen molar-refractivity contribution in [3.63, 3.8) is 0 Å². The fourth-order valence-corrected chi connectivity index (χ4v) is 2.37. The topological polar surface area (TPSA) is 25.8 Å². The lowest BCUT2D eigenvalue weighted by atomic mass is 9.76. The molecular formula is C13H20N2. The van der Waals surface area contributed by atoms with Crippen molar-refractivity contribution >= 4 is 0 Å². The molecule has 82 valence electrons. The van der Waals surface area contributed by atoms with E-state index in [-0.39, 0.29) is 0 Å². The molecule has 1 aliphatic carbocycles. The Balaban J connectivity index is 2.25. The van der Waals surface area contributed by atoms with Gasteiger partial charge in [-0.2, -0.15) is 0 Å². The number of hydrogen-bond donors (Lipinski definition) is 0. The summed E-state index contributed by atoms with van der Waals surface area (Å²) in [6.45, 7) is 7.00. The van der Waals surface area contributed by atoms with Gasteiger partial charge in [-0.05, 0) is 37.0 Å². The van der Waals surface area contributed by atoms with Crippen LogP contribution in [0.15, 0.2) is 12.4 Å². The molecule has 1 aromatic rings. The lowest BCUT2D eigenvalue weighted by Crippen LogP contribution is -2.22. The Hall–Kier alpha value is -0.920. The van der Waals surface area contributed by atoms with Crippen LogP contribution in [-0.4, -0.2) is 9.97 Å². The van der Waals surface area contributed by atoms with Crippen LogP contribution >= 0.6 is 0 Å². The number of fused-ring (bicyclic) bond motifs is 1. The smallest absolute Gasteiger partial charge is 0.0621 e. The van der Waals surface area contributed by atoms with E-state index in [9.17, 15) is 0 Å². The Morgan fingerprint density at radius 1 is 1.13 bits per heavy atom. The van der Waals surface area contributed by atoms with Gasteiger partial charge in [0.15, 0.2) is 0 Å². The van der Waals surface area contributed by atoms with E-state index in [4.69, 9.17) is 0 Å². The van der Waals surface area contributed by atoms with E-state index in [1.165, 1.54) is 24.2 Å². The van der Waals surface area contributed by atoms with Crippen LogP contribution in [0.2, 0.25) is 0 Å². The van der Waals surface area contributed by atoms with E-state index >= 15 is 0 Å². The van der Waals surface area contributed by atoms with Crippen LogP contribution in [0, 0.1) is 11.3 Å². The van der Waals surface area contributed by atoms with Crippen LogP contribution in [-0.2, 0) is 12.8 Å². The van der Waals surface area contributed by atoms with E-state index in [2.05, 4.69) is 30.7 Å². The van der Waals surface area contributed by atoms with E-state index in [0.29, 0.717) is 5.41 Å². The minimum absolute atomic E-state index is 0.388. The molecule has 1 heterocycles. The van der Waals surface area contributed by atoms with Gasteiger partial charge in [-0.1, -0.05) is 20.8 Å². The number of aromatic nitrogens is 2. The van der Waals surface area contributed by atoms with Gasteiger partial charge in [0, 0.05) is 12.4 Å². The summed E-state index contributed by atoms with van der Waals surface area (Å²) in [6, 6.07) is 0. The van der Waals surface area contributed by atoms with Crippen molar-refractivity contribution in [3.8, 4) is 0 Å². The van der Waals surface area contributed by atoms with Crippen molar-refractivity contribution < 1.29 is 0 Å². The highest BCUT2D eigenvalue weighted by Crippen LogP contribution is 2.35. The van der Waals surface area contributed by atoms with Crippen LogP contribution in [0.25, 0.3) is 0 Å². The van der Waals surface area contributed by atoms with Crippen molar-refractivity contribution in [2.24, 2.45) is 11.3 Å². The maximum Gasteiger partial charge on any atom is 0.0621 e. The molecule has 1 atom stereocenters. The summed E-state index contributed by atoms with van der Waals surface area (Å²) in [5.41, 5.74) is 2.85. The Kier molecular flexibility index (Phi) is 2.76. The summed E-state index contributed by atoms with van der Waals surface area (Å²) in [4.78, 5) is 8.91. The van der Waals surface area contributed by atoms with Crippen molar-refractivity contribution in [2.75, 3.05) is 0 Å². The second-order valence-corrected chi connectivity index (χ2v) is 5.61. The van der Waals surface area contributed by atoms with E-state index < -0.39 is 0 Å². The summed E-state index contributed by atoms with van der Waals surface area (Å²) in [5, 5.41) is 0. The summed E-state index contributed by atoms with van der Waals surface area (Å²) < 4.78 is 0. The average molecular weight is 204 g/mol. The van der Waals surface area contributed by atoms with Gasteiger partial charge in [-0.3, -0.25) is 9.97 Å². The summed E-state index contributed by atoms with van der Waals surface area (Å²) in [5.74, 6) is 0.746. The predicted molar refractivity (Wildman–Crippen MR) is 61.6 cm³/mol. The largest absolute Gasteiger partial charge is 0.258 e. The average Bonchev–Trinajstić information content (AvgIpc) is 2.38. The monoisotopic (exact) mass is 204 g/mol. The van der Waals surface area contributed by atoms with Gasteiger partial charge in [-0.15, -0.1) is 0 Å². The molecule has 1 unspecified atom stereocenters. The van der Waals surface area contributed by atoms with E-state index in [1.54, 1.807) is 0 Å². The van der Waals surface area contributed by atoms with Gasteiger partial charge in [-0.25, -0.2) is 0 Å². The van der Waals surface area contributed by atoms with Crippen LogP contribution in [0.3, 0.4) is 0 Å². The molecule has 0 fully saturated rings. The quantitative estimate of drug-likeness (QED) is 0.607. The molecule has 0 N–H and O–H groups in total. The molecule has 0 bridgehead atoms. The zero-order chi connectivity index (χ0) is 10.9. The molecule has 2 rings (SSSR count). The highest BCUT2D eigenvalue weighted by Gasteiger charge is 2.27. The molecule has 15 heavy (non-hydrogen) atoms. The fraction of sp³-hybridized carbons (Fsp3) is 0.692. The van der Waals surface area contributed by atoms with Crippen LogP contribution in [0.1, 0.15) is 45.0 Å². The lowest BCUT2D eigenvalue weighted by Gasteiger charge is -2.29. The molecule has 2 heteroatoms. The Bertz CT molecular complexity index is 339. The second-order valence-electron chi connectivity index (χ2n) is 5.61.